The van der Waals surface area contributed by atoms with Crippen LogP contribution in [0.2, 0.25) is 0 Å². The van der Waals surface area contributed by atoms with Crippen LogP contribution in [0.5, 0.6) is 5.75 Å². The van der Waals surface area contributed by atoms with Gasteiger partial charge < -0.3 is 15.4 Å². The van der Waals surface area contributed by atoms with E-state index in [9.17, 15) is 14.0 Å². The molecule has 0 saturated heterocycles. The minimum atomic E-state index is -0.379. The second-order valence-corrected chi connectivity index (χ2v) is 5.30. The lowest BCUT2D eigenvalue weighted by Crippen LogP contribution is -2.36. The van der Waals surface area contributed by atoms with Crippen molar-refractivity contribution in [3.05, 3.63) is 65.5 Å². The van der Waals surface area contributed by atoms with Crippen LogP contribution in [0, 0.1) is 5.82 Å². The van der Waals surface area contributed by atoms with E-state index in [0.29, 0.717) is 16.9 Å². The van der Waals surface area contributed by atoms with Crippen molar-refractivity contribution in [3.63, 3.8) is 0 Å². The molecule has 0 fully saturated rings. The molecule has 0 unspecified atom stereocenters. The Hall–Kier alpha value is -2.89. The van der Waals surface area contributed by atoms with Crippen LogP contribution in [0.3, 0.4) is 0 Å². The van der Waals surface area contributed by atoms with Crippen molar-refractivity contribution in [2.45, 2.75) is 13.0 Å². The number of rotatable bonds is 6. The highest BCUT2D eigenvalue weighted by molar-refractivity contribution is 5.99. The van der Waals surface area contributed by atoms with Gasteiger partial charge in [0.25, 0.3) is 11.8 Å². The van der Waals surface area contributed by atoms with Crippen molar-refractivity contribution < 1.29 is 18.7 Å². The van der Waals surface area contributed by atoms with Gasteiger partial charge in [0, 0.05) is 24.2 Å². The molecule has 2 amide bonds. The van der Waals surface area contributed by atoms with Crippen molar-refractivity contribution in [1.29, 1.82) is 0 Å². The van der Waals surface area contributed by atoms with Crippen molar-refractivity contribution >= 4 is 11.8 Å². The lowest BCUT2D eigenvalue weighted by atomic mass is 10.1. The number of benzene rings is 2. The number of carbonyl (C=O) groups excluding carboxylic acids is 2. The average Bonchev–Trinajstić information content (AvgIpc) is 2.59. The van der Waals surface area contributed by atoms with Crippen LogP contribution in [-0.2, 0) is 0 Å². The fourth-order valence-corrected chi connectivity index (χ4v) is 2.07. The molecular weight excluding hydrogens is 311 g/mol. The molecule has 6 heteroatoms. The zero-order valence-corrected chi connectivity index (χ0v) is 13.5. The van der Waals surface area contributed by atoms with Crippen molar-refractivity contribution in [2.24, 2.45) is 0 Å². The molecule has 2 aromatic carbocycles. The Balaban J connectivity index is 1.92. The molecule has 0 radical (unpaired) electrons. The van der Waals surface area contributed by atoms with Gasteiger partial charge in [0.05, 0.1) is 6.04 Å². The van der Waals surface area contributed by atoms with Gasteiger partial charge in [-0.05, 0) is 37.3 Å². The number of hydrogen-bond acceptors (Lipinski definition) is 3. The lowest BCUT2D eigenvalue weighted by Gasteiger charge is -2.15. The van der Waals surface area contributed by atoms with E-state index in [1.807, 2.05) is 0 Å². The molecule has 0 bridgehead atoms. The molecule has 126 valence electrons. The van der Waals surface area contributed by atoms with Gasteiger partial charge in [-0.25, -0.2) is 4.39 Å². The van der Waals surface area contributed by atoms with E-state index >= 15 is 0 Å². The van der Waals surface area contributed by atoms with E-state index in [4.69, 9.17) is 4.74 Å². The van der Waals surface area contributed by atoms with Crippen molar-refractivity contribution in [2.75, 3.05) is 13.7 Å². The normalized spacial score (nSPS) is 11.5. The molecule has 24 heavy (non-hydrogen) atoms. The largest absolute Gasteiger partial charge is 0.491 e. The Morgan fingerprint density at radius 2 is 1.75 bits per heavy atom. The van der Waals surface area contributed by atoms with Crippen molar-refractivity contribution in [1.82, 2.24) is 10.6 Å². The summed E-state index contributed by atoms with van der Waals surface area (Å²) >= 11 is 0. The number of ether oxygens (including phenoxy) is 1. The minimum Gasteiger partial charge on any atom is -0.491 e. The van der Waals surface area contributed by atoms with E-state index in [0.717, 1.165) is 0 Å². The quantitative estimate of drug-likeness (QED) is 0.854. The molecule has 1 atom stereocenters. The maximum absolute atomic E-state index is 13.1. The van der Waals surface area contributed by atoms with Crippen LogP contribution >= 0.6 is 0 Å². The van der Waals surface area contributed by atoms with Gasteiger partial charge in [-0.2, -0.15) is 0 Å². The van der Waals surface area contributed by atoms with Crippen LogP contribution in [-0.4, -0.2) is 31.5 Å². The molecule has 2 N–H and O–H groups in total. The van der Waals surface area contributed by atoms with Crippen LogP contribution in [0.4, 0.5) is 4.39 Å². The van der Waals surface area contributed by atoms with Gasteiger partial charge in [-0.3, -0.25) is 9.59 Å². The molecule has 0 aromatic heterocycles. The first-order valence-corrected chi connectivity index (χ1v) is 7.51. The Bertz CT molecular complexity index is 734. The molecule has 0 heterocycles. The predicted molar refractivity (Wildman–Crippen MR) is 88.7 cm³/mol. The Morgan fingerprint density at radius 1 is 1.08 bits per heavy atom. The summed E-state index contributed by atoms with van der Waals surface area (Å²) in [6, 6.07) is 11.9. The van der Waals surface area contributed by atoms with E-state index in [1.54, 1.807) is 37.3 Å². The maximum Gasteiger partial charge on any atom is 0.251 e. The first-order chi connectivity index (χ1) is 11.5. The van der Waals surface area contributed by atoms with Crippen molar-refractivity contribution in [3.8, 4) is 5.75 Å². The van der Waals surface area contributed by atoms with Gasteiger partial charge >= 0.3 is 0 Å². The zero-order chi connectivity index (χ0) is 17.5. The first kappa shape index (κ1) is 17.5. The third-order valence-corrected chi connectivity index (χ3v) is 3.29. The Morgan fingerprint density at radius 3 is 2.42 bits per heavy atom. The smallest absolute Gasteiger partial charge is 0.251 e. The third-order valence-electron chi connectivity index (χ3n) is 3.29. The molecule has 2 rings (SSSR count). The summed E-state index contributed by atoms with van der Waals surface area (Å²) in [4.78, 5) is 23.8. The van der Waals surface area contributed by atoms with Gasteiger partial charge in [-0.15, -0.1) is 0 Å². The van der Waals surface area contributed by atoms with Gasteiger partial charge in [0.2, 0.25) is 0 Å². The van der Waals surface area contributed by atoms with Crippen LogP contribution in [0.25, 0.3) is 0 Å². The van der Waals surface area contributed by atoms with Gasteiger partial charge in [0.1, 0.15) is 18.2 Å². The van der Waals surface area contributed by atoms with E-state index in [-0.39, 0.29) is 30.3 Å². The highest BCUT2D eigenvalue weighted by Gasteiger charge is 2.12. The van der Waals surface area contributed by atoms with Crippen LogP contribution in [0.15, 0.2) is 48.5 Å². The maximum atomic E-state index is 13.1. The highest BCUT2D eigenvalue weighted by atomic mass is 19.1. The summed E-state index contributed by atoms with van der Waals surface area (Å²) in [6.45, 7) is 1.98. The molecule has 0 aliphatic carbocycles. The molecule has 0 aliphatic heterocycles. The Labute approximate surface area is 139 Å². The van der Waals surface area contributed by atoms with Crippen LogP contribution in [0.1, 0.15) is 27.6 Å². The number of halogens is 1. The molecule has 0 aliphatic rings. The predicted octanol–water partition coefficient (Wildman–Crippen LogP) is 2.38. The van der Waals surface area contributed by atoms with Gasteiger partial charge in [-0.1, -0.05) is 12.1 Å². The molecule has 2 aromatic rings. The number of amides is 2. The SMILES string of the molecule is CNC(=O)c1cccc(C(=O)N[C@@H](C)COc2cccc(F)c2)c1. The number of nitrogens with one attached hydrogen (secondary N) is 2. The third kappa shape index (κ3) is 4.81. The average molecular weight is 330 g/mol. The monoisotopic (exact) mass is 330 g/mol. The molecule has 0 spiro atoms. The second kappa shape index (κ2) is 8.10. The molecule has 0 saturated carbocycles. The zero-order valence-electron chi connectivity index (χ0n) is 13.5. The standard InChI is InChI=1S/C18H19FN2O3/c1-12(11-24-16-8-4-7-15(19)10-16)21-18(23)14-6-3-5-13(9-14)17(22)20-2/h3-10,12H,11H2,1-2H3,(H,20,22)(H,21,23)/t12-/m0/s1. The summed E-state index contributed by atoms with van der Waals surface area (Å²) in [6.07, 6.45) is 0. The number of carbonyl (C=O) groups is 2. The number of hydrogen-bond donors (Lipinski definition) is 2. The Kier molecular flexibility index (Phi) is 5.89. The summed E-state index contributed by atoms with van der Waals surface area (Å²) in [5.74, 6) is -0.545. The fourth-order valence-electron chi connectivity index (χ4n) is 2.07. The van der Waals surface area contributed by atoms with E-state index < -0.39 is 0 Å². The molecule has 5 nitrogen and oxygen atoms in total. The first-order valence-electron chi connectivity index (χ1n) is 7.51. The second-order valence-electron chi connectivity index (χ2n) is 5.30. The minimum absolute atomic E-state index is 0.199. The lowest BCUT2D eigenvalue weighted by molar-refractivity contribution is 0.0926. The van der Waals surface area contributed by atoms with E-state index in [2.05, 4.69) is 10.6 Å². The molecular formula is C18H19FN2O3. The summed E-state index contributed by atoms with van der Waals surface area (Å²) in [5.41, 5.74) is 0.794. The summed E-state index contributed by atoms with van der Waals surface area (Å²) in [5, 5.41) is 5.29. The fraction of sp³-hybridized carbons (Fsp3) is 0.222. The summed E-state index contributed by atoms with van der Waals surface area (Å²) in [7, 11) is 1.53. The van der Waals surface area contributed by atoms with E-state index in [1.165, 1.54) is 25.2 Å². The summed E-state index contributed by atoms with van der Waals surface area (Å²) < 4.78 is 18.5. The van der Waals surface area contributed by atoms with Gasteiger partial charge in [0.15, 0.2) is 0 Å². The topological polar surface area (TPSA) is 67.4 Å². The highest BCUT2D eigenvalue weighted by Crippen LogP contribution is 2.12. The van der Waals surface area contributed by atoms with Crippen LogP contribution < -0.4 is 15.4 Å².